The molecule has 0 spiro atoms. The first-order valence-electron chi connectivity index (χ1n) is 6.68. The molecule has 1 fully saturated rings. The van der Waals surface area contributed by atoms with Crippen molar-refractivity contribution in [2.75, 3.05) is 33.3 Å². The third-order valence-corrected chi connectivity index (χ3v) is 3.23. The first-order valence-corrected chi connectivity index (χ1v) is 6.68. The van der Waals surface area contributed by atoms with Gasteiger partial charge in [-0.05, 0) is 40.2 Å². The predicted molar refractivity (Wildman–Crippen MR) is 69.2 cm³/mol. The van der Waals surface area contributed by atoms with Gasteiger partial charge in [-0.25, -0.2) is 0 Å². The van der Waals surface area contributed by atoms with Crippen molar-refractivity contribution in [3.63, 3.8) is 0 Å². The molecule has 1 amide bonds. The van der Waals surface area contributed by atoms with Crippen LogP contribution in [0.15, 0.2) is 0 Å². The highest BCUT2D eigenvalue weighted by Gasteiger charge is 2.24. The summed E-state index contributed by atoms with van der Waals surface area (Å²) < 4.78 is 4.86. The summed E-state index contributed by atoms with van der Waals surface area (Å²) in [5.41, 5.74) is 0. The highest BCUT2D eigenvalue weighted by atomic mass is 16.5. The zero-order valence-corrected chi connectivity index (χ0v) is 11.6. The molecule has 18 heavy (non-hydrogen) atoms. The maximum Gasteiger partial charge on any atom is 0.320 e. The van der Waals surface area contributed by atoms with E-state index >= 15 is 0 Å². The first-order chi connectivity index (χ1) is 8.54. The Morgan fingerprint density at radius 3 is 2.67 bits per heavy atom. The molecule has 1 aliphatic heterocycles. The summed E-state index contributed by atoms with van der Waals surface area (Å²) in [7, 11) is 1.77. The van der Waals surface area contributed by atoms with Crippen molar-refractivity contribution >= 4 is 11.9 Å². The monoisotopic (exact) mass is 256 g/mol. The zero-order valence-electron chi connectivity index (χ0n) is 11.6. The fourth-order valence-electron chi connectivity index (χ4n) is 2.27. The van der Waals surface area contributed by atoms with Gasteiger partial charge in [0.15, 0.2) is 0 Å². The third-order valence-electron chi connectivity index (χ3n) is 3.23. The van der Waals surface area contributed by atoms with E-state index in [1.165, 1.54) is 6.42 Å². The number of nitrogens with zero attached hydrogens (tertiary/aromatic N) is 2. The number of hydrogen-bond acceptors (Lipinski definition) is 4. The van der Waals surface area contributed by atoms with E-state index in [2.05, 4.69) is 6.92 Å². The van der Waals surface area contributed by atoms with Crippen molar-refractivity contribution in [1.29, 1.82) is 0 Å². The van der Waals surface area contributed by atoms with Gasteiger partial charge in [-0.2, -0.15) is 0 Å². The second-order valence-corrected chi connectivity index (χ2v) is 4.91. The molecular weight excluding hydrogens is 232 g/mol. The van der Waals surface area contributed by atoms with Crippen LogP contribution in [-0.2, 0) is 14.3 Å². The van der Waals surface area contributed by atoms with Gasteiger partial charge in [-0.15, -0.1) is 0 Å². The van der Waals surface area contributed by atoms with Gasteiger partial charge in [0.05, 0.1) is 19.7 Å². The summed E-state index contributed by atoms with van der Waals surface area (Å²) in [6, 6.07) is 0.322. The fourth-order valence-corrected chi connectivity index (χ4v) is 2.27. The lowest BCUT2D eigenvalue weighted by molar-refractivity contribution is -0.145. The Morgan fingerprint density at radius 1 is 1.33 bits per heavy atom. The molecule has 1 rings (SSSR count). The average molecular weight is 256 g/mol. The topological polar surface area (TPSA) is 49.9 Å². The molecule has 0 N–H and O–H groups in total. The van der Waals surface area contributed by atoms with Crippen LogP contribution in [0.2, 0.25) is 0 Å². The molecule has 0 aromatic rings. The van der Waals surface area contributed by atoms with Crippen molar-refractivity contribution < 1.29 is 14.3 Å². The number of ether oxygens (including phenoxy) is 1. The molecule has 0 aliphatic carbocycles. The van der Waals surface area contributed by atoms with Crippen LogP contribution in [0.3, 0.4) is 0 Å². The second-order valence-electron chi connectivity index (χ2n) is 4.91. The fraction of sp³-hybridized carbons (Fsp3) is 0.846. The van der Waals surface area contributed by atoms with Crippen molar-refractivity contribution in [3.8, 4) is 0 Å². The molecule has 1 aliphatic rings. The van der Waals surface area contributed by atoms with Gasteiger partial charge in [0.1, 0.15) is 0 Å². The number of piperidine rings is 1. The number of rotatable bonds is 5. The number of likely N-dealkylation sites (N-methyl/N-ethyl adjacent to an activating group) is 1. The number of carbonyl (C=O) groups excluding carboxylic acids is 2. The maximum atomic E-state index is 12.1. The van der Waals surface area contributed by atoms with Gasteiger partial charge in [0.2, 0.25) is 5.91 Å². The molecular formula is C13H24N2O3. The molecule has 0 saturated carbocycles. The first kappa shape index (κ1) is 15.0. The minimum absolute atomic E-state index is 0.106. The summed E-state index contributed by atoms with van der Waals surface area (Å²) in [6.45, 7) is 5.53. The summed E-state index contributed by atoms with van der Waals surface area (Å²) in [6.07, 6.45) is 3.36. The summed E-state index contributed by atoms with van der Waals surface area (Å²) in [4.78, 5) is 27.0. The van der Waals surface area contributed by atoms with Gasteiger partial charge in [0.25, 0.3) is 0 Å². The molecule has 0 bridgehead atoms. The average Bonchev–Trinajstić information content (AvgIpc) is 2.29. The van der Waals surface area contributed by atoms with E-state index in [0.717, 1.165) is 19.4 Å². The molecule has 1 atom stereocenters. The van der Waals surface area contributed by atoms with Crippen LogP contribution in [0.4, 0.5) is 0 Å². The normalized spacial score (nSPS) is 20.0. The van der Waals surface area contributed by atoms with E-state index in [-0.39, 0.29) is 25.0 Å². The van der Waals surface area contributed by atoms with Crippen LogP contribution >= 0.6 is 0 Å². The summed E-state index contributed by atoms with van der Waals surface area (Å²) in [5.74, 6) is -0.173. The van der Waals surface area contributed by atoms with E-state index in [4.69, 9.17) is 4.74 Å². The number of esters is 1. The SMILES string of the molecule is CCOC(=O)CN(C)CC(=O)N1CCCCC1C. The van der Waals surface area contributed by atoms with Crippen LogP contribution in [0, 0.1) is 0 Å². The predicted octanol–water partition coefficient (Wildman–Crippen LogP) is 0.882. The highest BCUT2D eigenvalue weighted by molar-refractivity contribution is 5.79. The summed E-state index contributed by atoms with van der Waals surface area (Å²) in [5, 5.41) is 0. The van der Waals surface area contributed by atoms with Crippen molar-refractivity contribution in [2.45, 2.75) is 39.2 Å². The van der Waals surface area contributed by atoms with Gasteiger partial charge < -0.3 is 9.64 Å². The lowest BCUT2D eigenvalue weighted by Crippen LogP contribution is -2.47. The number of amides is 1. The Labute approximate surface area is 109 Å². The van der Waals surface area contributed by atoms with E-state index in [1.54, 1.807) is 18.9 Å². The lowest BCUT2D eigenvalue weighted by Gasteiger charge is -2.34. The van der Waals surface area contributed by atoms with Crippen LogP contribution in [-0.4, -0.2) is 61.0 Å². The van der Waals surface area contributed by atoms with Crippen molar-refractivity contribution in [3.05, 3.63) is 0 Å². The Bertz CT molecular complexity index is 294. The van der Waals surface area contributed by atoms with E-state index in [9.17, 15) is 9.59 Å². The standard InChI is InChI=1S/C13H24N2O3/c1-4-18-13(17)10-14(3)9-12(16)15-8-6-5-7-11(15)2/h11H,4-10H2,1-3H3. The van der Waals surface area contributed by atoms with Crippen LogP contribution in [0.5, 0.6) is 0 Å². The largest absolute Gasteiger partial charge is 0.465 e. The van der Waals surface area contributed by atoms with Crippen LogP contribution < -0.4 is 0 Å². The van der Waals surface area contributed by atoms with Crippen molar-refractivity contribution in [2.24, 2.45) is 0 Å². The van der Waals surface area contributed by atoms with Gasteiger partial charge in [0, 0.05) is 12.6 Å². The quantitative estimate of drug-likeness (QED) is 0.685. The highest BCUT2D eigenvalue weighted by Crippen LogP contribution is 2.16. The number of likely N-dealkylation sites (tertiary alicyclic amines) is 1. The molecule has 0 aromatic heterocycles. The molecule has 1 heterocycles. The molecule has 104 valence electrons. The van der Waals surface area contributed by atoms with Gasteiger partial charge >= 0.3 is 5.97 Å². The second kappa shape index (κ2) is 7.36. The third kappa shape index (κ3) is 4.64. The lowest BCUT2D eigenvalue weighted by atomic mass is 10.0. The minimum atomic E-state index is -0.278. The van der Waals surface area contributed by atoms with Gasteiger partial charge in [-0.3, -0.25) is 14.5 Å². The number of carbonyl (C=O) groups is 2. The van der Waals surface area contributed by atoms with Gasteiger partial charge in [-0.1, -0.05) is 0 Å². The van der Waals surface area contributed by atoms with Crippen LogP contribution in [0.25, 0.3) is 0 Å². The van der Waals surface area contributed by atoms with E-state index in [0.29, 0.717) is 12.6 Å². The molecule has 1 unspecified atom stereocenters. The number of hydrogen-bond donors (Lipinski definition) is 0. The molecule has 5 nitrogen and oxygen atoms in total. The maximum absolute atomic E-state index is 12.1. The van der Waals surface area contributed by atoms with E-state index < -0.39 is 0 Å². The Balaban J connectivity index is 2.36. The molecule has 0 aromatic carbocycles. The molecule has 0 radical (unpaired) electrons. The van der Waals surface area contributed by atoms with Crippen molar-refractivity contribution in [1.82, 2.24) is 9.80 Å². The summed E-state index contributed by atoms with van der Waals surface area (Å²) >= 11 is 0. The molecule has 1 saturated heterocycles. The smallest absolute Gasteiger partial charge is 0.320 e. The minimum Gasteiger partial charge on any atom is -0.465 e. The Hall–Kier alpha value is -1.10. The Kier molecular flexibility index (Phi) is 6.12. The van der Waals surface area contributed by atoms with Crippen LogP contribution in [0.1, 0.15) is 33.1 Å². The Morgan fingerprint density at radius 2 is 2.06 bits per heavy atom. The zero-order chi connectivity index (χ0) is 13.5. The van der Waals surface area contributed by atoms with E-state index in [1.807, 2.05) is 4.90 Å². The molecule has 5 heteroatoms.